The van der Waals surface area contributed by atoms with E-state index in [1.807, 2.05) is 13.7 Å². The van der Waals surface area contributed by atoms with Gasteiger partial charge in [-0.1, -0.05) is 64.7 Å². The van der Waals surface area contributed by atoms with Gasteiger partial charge in [0.1, 0.15) is 26.0 Å². The van der Waals surface area contributed by atoms with Crippen LogP contribution in [0.4, 0.5) is 0 Å². The Bertz CT molecular complexity index is 972. The van der Waals surface area contributed by atoms with Crippen LogP contribution in [0, 0.1) is 0 Å². The van der Waals surface area contributed by atoms with Gasteiger partial charge in [0.15, 0.2) is 0 Å². The van der Waals surface area contributed by atoms with Crippen LogP contribution in [-0.2, 0) is 52.5 Å². The Hall–Kier alpha value is -3.67. The highest BCUT2D eigenvalue weighted by atomic mass is 16.5. The fraction of sp³-hybridized carbons (Fsp3) is 0.806. The molecule has 4 amide bonds. The highest BCUT2D eigenvalue weighted by Crippen LogP contribution is 2.12. The summed E-state index contributed by atoms with van der Waals surface area (Å²) in [6, 6.07) is -1.14. The van der Waals surface area contributed by atoms with Crippen LogP contribution in [0.2, 0.25) is 0 Å². The Kier molecular flexibility index (Phi) is 38.4. The second kappa shape index (κ2) is 39.5. The Balaban J connectivity index is 0. The van der Waals surface area contributed by atoms with E-state index in [0.717, 1.165) is 70.6 Å². The first-order valence-electron chi connectivity index (χ1n) is 18.8. The maximum atomic E-state index is 12.2. The van der Waals surface area contributed by atoms with Crippen molar-refractivity contribution in [2.45, 2.75) is 116 Å². The van der Waals surface area contributed by atoms with E-state index in [4.69, 9.17) is 28.8 Å². The van der Waals surface area contributed by atoms with Gasteiger partial charge >= 0.3 is 11.9 Å². The Morgan fingerprint density at radius 2 is 0.943 bits per heavy atom. The highest BCUT2D eigenvalue weighted by molar-refractivity contribution is 5.84. The van der Waals surface area contributed by atoms with Gasteiger partial charge in [-0.15, -0.1) is 0 Å². The molecule has 0 spiro atoms. The SMILES string of the molecule is C=O.CCCCNC(=O)COCCOCCNC(=O)COCCOCCNC(=O)CC[C@H](NC(=O)CCCCCCCCCCCCC(=O)O)C(=O)O. The van der Waals surface area contributed by atoms with Crippen LogP contribution in [0.1, 0.15) is 110 Å². The molecule has 0 aliphatic carbocycles. The summed E-state index contributed by atoms with van der Waals surface area (Å²) >= 11 is 0. The first-order chi connectivity index (χ1) is 25.6. The molecule has 308 valence electrons. The van der Waals surface area contributed by atoms with Crippen LogP contribution in [0.25, 0.3) is 0 Å². The van der Waals surface area contributed by atoms with E-state index in [2.05, 4.69) is 21.3 Å². The van der Waals surface area contributed by atoms with Gasteiger partial charge in [-0.3, -0.25) is 24.0 Å². The summed E-state index contributed by atoms with van der Waals surface area (Å²) in [7, 11) is 0. The predicted molar refractivity (Wildman–Crippen MR) is 196 cm³/mol. The normalized spacial score (nSPS) is 11.1. The summed E-state index contributed by atoms with van der Waals surface area (Å²) < 4.78 is 21.2. The van der Waals surface area contributed by atoms with Gasteiger partial charge in [0.25, 0.3) is 0 Å². The number of carboxylic acid groups (broad SMARTS) is 2. The number of carbonyl (C=O) groups is 7. The maximum absolute atomic E-state index is 12.2. The lowest BCUT2D eigenvalue weighted by atomic mass is 10.0. The molecular formula is C36H66N4O13. The zero-order chi connectivity index (χ0) is 39.8. The van der Waals surface area contributed by atoms with Gasteiger partial charge in [0, 0.05) is 38.9 Å². The lowest BCUT2D eigenvalue weighted by Crippen LogP contribution is -2.41. The van der Waals surface area contributed by atoms with Crippen LogP contribution in [-0.4, -0.2) is 131 Å². The molecule has 0 saturated heterocycles. The molecule has 17 heteroatoms. The van der Waals surface area contributed by atoms with Crippen molar-refractivity contribution in [3.63, 3.8) is 0 Å². The van der Waals surface area contributed by atoms with Crippen LogP contribution in [0.5, 0.6) is 0 Å². The summed E-state index contributed by atoms with van der Waals surface area (Å²) in [4.78, 5) is 77.7. The number of carboxylic acids is 2. The number of aliphatic carboxylic acids is 2. The van der Waals surface area contributed by atoms with E-state index in [-0.39, 0.29) is 95.5 Å². The van der Waals surface area contributed by atoms with Crippen molar-refractivity contribution in [1.29, 1.82) is 0 Å². The largest absolute Gasteiger partial charge is 0.481 e. The van der Waals surface area contributed by atoms with Crippen molar-refractivity contribution >= 4 is 42.4 Å². The number of ether oxygens (including phenoxy) is 4. The van der Waals surface area contributed by atoms with Crippen LogP contribution in [0.3, 0.4) is 0 Å². The summed E-state index contributed by atoms with van der Waals surface area (Å²) in [5.74, 6) is -3.08. The standard InChI is InChI=1S/C35H64N4O12.CH2O/c1-2-3-18-36-32(42)27-50-25-24-49-22-20-38-33(43)28-51-26-23-48-21-19-37-30(40)17-16-29(35(46)47)39-31(41)14-12-10-8-6-4-5-7-9-11-13-15-34(44)45;1-2/h29H,2-28H2,1H3,(H,36,42)(H,37,40)(H,38,43)(H,39,41)(H,44,45)(H,46,47);1H2/t29-;/m0./s1. The number of amides is 4. The summed E-state index contributed by atoms with van der Waals surface area (Å²) in [6.45, 7) is 6.54. The van der Waals surface area contributed by atoms with Crippen LogP contribution < -0.4 is 21.3 Å². The zero-order valence-corrected chi connectivity index (χ0v) is 31.8. The number of hydrogen-bond acceptors (Lipinski definition) is 11. The highest BCUT2D eigenvalue weighted by Gasteiger charge is 2.20. The van der Waals surface area contributed by atoms with Gasteiger partial charge < -0.3 is 55.2 Å². The maximum Gasteiger partial charge on any atom is 0.326 e. The third kappa shape index (κ3) is 39.4. The average molecular weight is 763 g/mol. The minimum atomic E-state index is -1.19. The van der Waals surface area contributed by atoms with Crippen molar-refractivity contribution in [2.24, 2.45) is 0 Å². The first kappa shape index (κ1) is 51.4. The van der Waals surface area contributed by atoms with Crippen molar-refractivity contribution in [3.05, 3.63) is 0 Å². The zero-order valence-electron chi connectivity index (χ0n) is 31.8. The van der Waals surface area contributed by atoms with Crippen LogP contribution >= 0.6 is 0 Å². The van der Waals surface area contributed by atoms with Gasteiger partial charge in [-0.25, -0.2) is 4.79 Å². The molecule has 0 aromatic carbocycles. The molecule has 0 saturated carbocycles. The predicted octanol–water partition coefficient (Wildman–Crippen LogP) is 2.13. The summed E-state index contributed by atoms with van der Waals surface area (Å²) in [5, 5.41) is 28.6. The molecule has 0 aromatic rings. The molecular weight excluding hydrogens is 696 g/mol. The van der Waals surface area contributed by atoms with Crippen molar-refractivity contribution in [3.8, 4) is 0 Å². The Morgan fingerprint density at radius 1 is 0.509 bits per heavy atom. The monoisotopic (exact) mass is 762 g/mol. The summed E-state index contributed by atoms with van der Waals surface area (Å²) in [5.41, 5.74) is 0. The Labute approximate surface area is 314 Å². The molecule has 0 fully saturated rings. The third-order valence-electron chi connectivity index (χ3n) is 7.54. The summed E-state index contributed by atoms with van der Waals surface area (Å²) in [6.07, 6.45) is 12.0. The molecule has 0 heterocycles. The molecule has 53 heavy (non-hydrogen) atoms. The molecule has 0 aliphatic rings. The second-order valence-electron chi connectivity index (χ2n) is 12.2. The smallest absolute Gasteiger partial charge is 0.326 e. The molecule has 17 nitrogen and oxygen atoms in total. The second-order valence-corrected chi connectivity index (χ2v) is 12.2. The number of unbranched alkanes of at least 4 members (excludes halogenated alkanes) is 10. The number of hydrogen-bond donors (Lipinski definition) is 6. The lowest BCUT2D eigenvalue weighted by Gasteiger charge is -2.14. The minimum Gasteiger partial charge on any atom is -0.481 e. The molecule has 1 atom stereocenters. The molecule has 0 radical (unpaired) electrons. The van der Waals surface area contributed by atoms with Crippen molar-refractivity contribution in [2.75, 3.05) is 72.5 Å². The lowest BCUT2D eigenvalue weighted by molar-refractivity contribution is -0.142. The third-order valence-corrected chi connectivity index (χ3v) is 7.54. The number of carbonyl (C=O) groups excluding carboxylic acids is 5. The molecule has 0 unspecified atom stereocenters. The van der Waals surface area contributed by atoms with E-state index >= 15 is 0 Å². The Morgan fingerprint density at radius 3 is 1.42 bits per heavy atom. The van der Waals surface area contributed by atoms with E-state index in [1.165, 1.54) is 0 Å². The van der Waals surface area contributed by atoms with Crippen molar-refractivity contribution < 1.29 is 62.7 Å². The van der Waals surface area contributed by atoms with Crippen molar-refractivity contribution in [1.82, 2.24) is 21.3 Å². The molecule has 6 N–H and O–H groups in total. The fourth-order valence-electron chi connectivity index (χ4n) is 4.67. The minimum absolute atomic E-state index is 0.0110. The van der Waals surface area contributed by atoms with Crippen LogP contribution in [0.15, 0.2) is 0 Å². The average Bonchev–Trinajstić information content (AvgIpc) is 3.13. The first-order valence-corrected chi connectivity index (χ1v) is 18.8. The molecule has 0 aliphatic heterocycles. The quantitative estimate of drug-likeness (QED) is 0.0498. The number of rotatable bonds is 37. The van der Waals surface area contributed by atoms with Gasteiger partial charge in [0.2, 0.25) is 23.6 Å². The van der Waals surface area contributed by atoms with E-state index in [9.17, 15) is 33.9 Å². The van der Waals surface area contributed by atoms with Gasteiger partial charge in [0.05, 0.1) is 39.6 Å². The number of nitrogens with one attached hydrogen (secondary N) is 4. The molecule has 0 bridgehead atoms. The molecule has 0 rings (SSSR count). The van der Waals surface area contributed by atoms with E-state index in [0.29, 0.717) is 32.7 Å². The van der Waals surface area contributed by atoms with E-state index in [1.54, 1.807) is 0 Å². The fourth-order valence-corrected chi connectivity index (χ4v) is 4.67. The van der Waals surface area contributed by atoms with E-state index < -0.39 is 18.0 Å². The topological polar surface area (TPSA) is 245 Å². The van der Waals surface area contributed by atoms with Gasteiger partial charge in [-0.05, 0) is 25.7 Å². The van der Waals surface area contributed by atoms with Gasteiger partial charge in [-0.2, -0.15) is 0 Å². The molecule has 0 aromatic heterocycles.